The van der Waals surface area contributed by atoms with Gasteiger partial charge in [-0.1, -0.05) is 5.92 Å². The monoisotopic (exact) mass is 143 g/mol. The van der Waals surface area contributed by atoms with E-state index < -0.39 is 0 Å². The van der Waals surface area contributed by atoms with Gasteiger partial charge in [0.25, 0.3) is 0 Å². The predicted octanol–water partition coefficient (Wildman–Crippen LogP) is 0.176. The number of terminal acetylenes is 1. The Morgan fingerprint density at radius 1 is 1.70 bits per heavy atom. The highest BCUT2D eigenvalue weighted by molar-refractivity contribution is 4.82. The quantitative estimate of drug-likeness (QED) is 0.338. The standard InChI is InChI=1S/C7H13NO2/c1-4-5-10-8-7(2)6-9-3/h1,7-8H,5-6H2,2-3H3. The summed E-state index contributed by atoms with van der Waals surface area (Å²) in [6.07, 6.45) is 4.94. The third-order valence-electron chi connectivity index (χ3n) is 0.857. The maximum Gasteiger partial charge on any atom is 0.128 e. The lowest BCUT2D eigenvalue weighted by Gasteiger charge is -2.10. The summed E-state index contributed by atoms with van der Waals surface area (Å²) in [5, 5.41) is 0. The molecule has 58 valence electrons. The van der Waals surface area contributed by atoms with Gasteiger partial charge in [0.2, 0.25) is 0 Å². The van der Waals surface area contributed by atoms with Crippen LogP contribution in [0.4, 0.5) is 0 Å². The number of hydrogen-bond donors (Lipinski definition) is 1. The van der Waals surface area contributed by atoms with Gasteiger partial charge < -0.3 is 4.74 Å². The SMILES string of the molecule is C#CCONC(C)COC. The van der Waals surface area contributed by atoms with E-state index in [2.05, 4.69) is 11.4 Å². The topological polar surface area (TPSA) is 30.5 Å². The average Bonchev–Trinajstić information content (AvgIpc) is 1.89. The number of hydrogen-bond acceptors (Lipinski definition) is 3. The molecule has 0 aromatic carbocycles. The molecule has 0 heterocycles. The molecule has 1 N–H and O–H groups in total. The van der Waals surface area contributed by atoms with Crippen LogP contribution in [0.15, 0.2) is 0 Å². The highest BCUT2D eigenvalue weighted by atomic mass is 16.6. The molecule has 0 aliphatic heterocycles. The fourth-order valence-corrected chi connectivity index (χ4v) is 0.510. The Labute approximate surface area is 61.7 Å². The molecule has 1 unspecified atom stereocenters. The number of hydroxylamine groups is 1. The summed E-state index contributed by atoms with van der Waals surface area (Å²) in [7, 11) is 1.64. The van der Waals surface area contributed by atoms with E-state index in [4.69, 9.17) is 16.0 Å². The fourth-order valence-electron chi connectivity index (χ4n) is 0.510. The summed E-state index contributed by atoms with van der Waals surface area (Å²) in [6, 6.07) is 0.179. The van der Waals surface area contributed by atoms with Crippen LogP contribution in [0.3, 0.4) is 0 Å². The van der Waals surface area contributed by atoms with Crippen molar-refractivity contribution >= 4 is 0 Å². The van der Waals surface area contributed by atoms with E-state index in [1.807, 2.05) is 6.92 Å². The maximum atomic E-state index is 4.94. The highest BCUT2D eigenvalue weighted by Crippen LogP contribution is 1.80. The summed E-state index contributed by atoms with van der Waals surface area (Å²) in [4.78, 5) is 4.83. The van der Waals surface area contributed by atoms with Gasteiger partial charge in [0.1, 0.15) is 6.61 Å². The zero-order valence-corrected chi connectivity index (χ0v) is 6.39. The van der Waals surface area contributed by atoms with Gasteiger partial charge in [-0.05, 0) is 6.92 Å². The van der Waals surface area contributed by atoms with Gasteiger partial charge in [-0.2, -0.15) is 5.48 Å². The molecular formula is C7H13NO2. The fraction of sp³-hybridized carbons (Fsp3) is 0.714. The summed E-state index contributed by atoms with van der Waals surface area (Å²) in [5.41, 5.74) is 2.72. The Balaban J connectivity index is 3.06. The lowest BCUT2D eigenvalue weighted by atomic mass is 10.4. The lowest BCUT2D eigenvalue weighted by Crippen LogP contribution is -2.30. The van der Waals surface area contributed by atoms with Gasteiger partial charge >= 0.3 is 0 Å². The molecule has 0 rings (SSSR count). The first-order chi connectivity index (χ1) is 4.81. The van der Waals surface area contributed by atoms with Crippen LogP contribution in [0.25, 0.3) is 0 Å². The van der Waals surface area contributed by atoms with Crippen molar-refractivity contribution in [2.24, 2.45) is 0 Å². The summed E-state index contributed by atoms with van der Waals surface area (Å²) >= 11 is 0. The molecule has 0 aromatic rings. The molecule has 0 radical (unpaired) electrons. The summed E-state index contributed by atoms with van der Waals surface area (Å²) < 4.78 is 4.84. The first kappa shape index (κ1) is 9.44. The molecule has 3 nitrogen and oxygen atoms in total. The highest BCUT2D eigenvalue weighted by Gasteiger charge is 1.97. The average molecular weight is 143 g/mol. The minimum absolute atomic E-state index is 0.179. The lowest BCUT2D eigenvalue weighted by molar-refractivity contribution is 0.0184. The van der Waals surface area contributed by atoms with E-state index in [9.17, 15) is 0 Å². The van der Waals surface area contributed by atoms with Gasteiger partial charge in [-0.15, -0.1) is 6.42 Å². The normalized spacial score (nSPS) is 12.5. The van der Waals surface area contributed by atoms with Crippen molar-refractivity contribution in [1.29, 1.82) is 0 Å². The van der Waals surface area contributed by atoms with E-state index in [1.165, 1.54) is 0 Å². The molecule has 0 bridgehead atoms. The van der Waals surface area contributed by atoms with Crippen molar-refractivity contribution in [2.75, 3.05) is 20.3 Å². The number of nitrogens with one attached hydrogen (secondary N) is 1. The molecular weight excluding hydrogens is 130 g/mol. The van der Waals surface area contributed by atoms with E-state index in [0.29, 0.717) is 6.61 Å². The van der Waals surface area contributed by atoms with E-state index in [-0.39, 0.29) is 12.6 Å². The van der Waals surface area contributed by atoms with E-state index in [1.54, 1.807) is 7.11 Å². The maximum absolute atomic E-state index is 4.94. The van der Waals surface area contributed by atoms with E-state index >= 15 is 0 Å². The zero-order chi connectivity index (χ0) is 7.82. The third-order valence-corrected chi connectivity index (χ3v) is 0.857. The van der Waals surface area contributed by atoms with Crippen LogP contribution in [-0.2, 0) is 9.57 Å². The summed E-state index contributed by atoms with van der Waals surface area (Å²) in [6.45, 7) is 2.85. The van der Waals surface area contributed by atoms with Gasteiger partial charge in [0, 0.05) is 7.11 Å². The second-order valence-electron chi connectivity index (χ2n) is 1.97. The van der Waals surface area contributed by atoms with Crippen molar-refractivity contribution in [3.8, 4) is 12.3 Å². The van der Waals surface area contributed by atoms with Crippen LogP contribution in [0, 0.1) is 12.3 Å². The van der Waals surface area contributed by atoms with Crippen LogP contribution in [0.5, 0.6) is 0 Å². The van der Waals surface area contributed by atoms with Crippen LogP contribution >= 0.6 is 0 Å². The van der Waals surface area contributed by atoms with Crippen LogP contribution < -0.4 is 5.48 Å². The first-order valence-electron chi connectivity index (χ1n) is 3.11. The van der Waals surface area contributed by atoms with Crippen LogP contribution in [0.2, 0.25) is 0 Å². The molecule has 0 aliphatic carbocycles. The van der Waals surface area contributed by atoms with Gasteiger partial charge in [-0.3, -0.25) is 4.84 Å². The summed E-state index contributed by atoms with van der Waals surface area (Å²) in [5.74, 6) is 2.34. The Kier molecular flexibility index (Phi) is 6.19. The number of rotatable bonds is 5. The van der Waals surface area contributed by atoms with Crippen molar-refractivity contribution < 1.29 is 9.57 Å². The number of methoxy groups -OCH3 is 1. The predicted molar refractivity (Wildman–Crippen MR) is 39.3 cm³/mol. The molecule has 1 atom stereocenters. The van der Waals surface area contributed by atoms with Crippen molar-refractivity contribution in [3.05, 3.63) is 0 Å². The Hall–Kier alpha value is -0.560. The van der Waals surface area contributed by atoms with Crippen LogP contribution in [-0.4, -0.2) is 26.4 Å². The van der Waals surface area contributed by atoms with E-state index in [0.717, 1.165) is 0 Å². The minimum Gasteiger partial charge on any atom is -0.383 e. The molecule has 0 amide bonds. The molecule has 0 aromatic heterocycles. The molecule has 0 aliphatic rings. The van der Waals surface area contributed by atoms with Gasteiger partial charge in [-0.25, -0.2) is 0 Å². The third kappa shape index (κ3) is 5.57. The van der Waals surface area contributed by atoms with Gasteiger partial charge in [0.05, 0.1) is 12.6 Å². The largest absolute Gasteiger partial charge is 0.383 e. The second kappa shape index (κ2) is 6.56. The van der Waals surface area contributed by atoms with Crippen molar-refractivity contribution in [1.82, 2.24) is 5.48 Å². The molecule has 10 heavy (non-hydrogen) atoms. The Bertz CT molecular complexity index is 109. The smallest absolute Gasteiger partial charge is 0.128 e. The Morgan fingerprint density at radius 2 is 2.40 bits per heavy atom. The minimum atomic E-state index is 0.179. The molecule has 0 saturated heterocycles. The van der Waals surface area contributed by atoms with Crippen LogP contribution in [0.1, 0.15) is 6.92 Å². The Morgan fingerprint density at radius 3 is 2.90 bits per heavy atom. The molecule has 0 fully saturated rings. The second-order valence-corrected chi connectivity index (χ2v) is 1.97. The number of ether oxygens (including phenoxy) is 1. The molecule has 0 saturated carbocycles. The van der Waals surface area contributed by atoms with Gasteiger partial charge in [0.15, 0.2) is 0 Å². The van der Waals surface area contributed by atoms with Crippen molar-refractivity contribution in [3.63, 3.8) is 0 Å². The molecule has 3 heteroatoms. The molecule has 0 spiro atoms. The first-order valence-corrected chi connectivity index (χ1v) is 3.11. The zero-order valence-electron chi connectivity index (χ0n) is 6.39. The van der Waals surface area contributed by atoms with Crippen molar-refractivity contribution in [2.45, 2.75) is 13.0 Å².